The minimum atomic E-state index is -4.56. The third kappa shape index (κ3) is 5.51. The van der Waals surface area contributed by atoms with Crippen molar-refractivity contribution in [2.24, 2.45) is 5.73 Å². The first kappa shape index (κ1) is 26.0. The zero-order valence-electron chi connectivity index (χ0n) is 20.1. The van der Waals surface area contributed by atoms with E-state index in [0.717, 1.165) is 17.4 Å². The van der Waals surface area contributed by atoms with Gasteiger partial charge in [0.25, 0.3) is 5.91 Å². The van der Waals surface area contributed by atoms with E-state index in [2.05, 4.69) is 4.98 Å². The van der Waals surface area contributed by atoms with E-state index < -0.39 is 23.8 Å². The highest BCUT2D eigenvalue weighted by Gasteiger charge is 2.35. The Morgan fingerprint density at radius 3 is 2.57 bits per heavy atom. The van der Waals surface area contributed by atoms with Crippen molar-refractivity contribution >= 4 is 34.1 Å². The summed E-state index contributed by atoms with van der Waals surface area (Å²) >= 11 is 1.03. The van der Waals surface area contributed by atoms with Crippen LogP contribution in [0.5, 0.6) is 5.75 Å². The summed E-state index contributed by atoms with van der Waals surface area (Å²) in [4.78, 5) is 30.7. The highest BCUT2D eigenvalue weighted by atomic mass is 32.1. The maximum atomic E-state index is 13.5. The van der Waals surface area contributed by atoms with Gasteiger partial charge >= 0.3 is 6.18 Å². The maximum Gasteiger partial charge on any atom is 0.416 e. The minimum absolute atomic E-state index is 0.0632. The van der Waals surface area contributed by atoms with Crippen molar-refractivity contribution in [2.75, 3.05) is 14.1 Å². The number of imidazole rings is 1. The first-order valence-electron chi connectivity index (χ1n) is 11.1. The van der Waals surface area contributed by atoms with Crippen molar-refractivity contribution in [1.82, 2.24) is 14.5 Å². The number of rotatable bonds is 8. The molecule has 2 aromatic heterocycles. The SMILES string of the molecule is C[C@@H](Oc1cc(-n2cnc3cc(C(=O)C=CN(C)C)ccc32)sc1C(N)=O)c1ccccc1C(F)(F)F. The second kappa shape index (κ2) is 10.1. The lowest BCUT2D eigenvalue weighted by Crippen LogP contribution is -2.15. The molecule has 11 heteroatoms. The summed E-state index contributed by atoms with van der Waals surface area (Å²) < 4.78 is 48.0. The van der Waals surface area contributed by atoms with Crippen molar-refractivity contribution in [3.63, 3.8) is 0 Å². The van der Waals surface area contributed by atoms with E-state index in [9.17, 15) is 22.8 Å². The van der Waals surface area contributed by atoms with Gasteiger partial charge in [-0.2, -0.15) is 13.2 Å². The van der Waals surface area contributed by atoms with Gasteiger partial charge in [0.05, 0.1) is 16.6 Å². The average Bonchev–Trinajstić information content (AvgIpc) is 3.45. The number of nitrogens with zero attached hydrogens (tertiary/aromatic N) is 3. The van der Waals surface area contributed by atoms with Gasteiger partial charge in [0.2, 0.25) is 0 Å². The number of allylic oxidation sites excluding steroid dienone is 1. The van der Waals surface area contributed by atoms with E-state index in [1.807, 2.05) is 14.1 Å². The van der Waals surface area contributed by atoms with Crippen LogP contribution in [0, 0.1) is 0 Å². The van der Waals surface area contributed by atoms with Gasteiger partial charge in [0.1, 0.15) is 28.1 Å². The van der Waals surface area contributed by atoms with Gasteiger partial charge in [-0.1, -0.05) is 18.2 Å². The summed E-state index contributed by atoms with van der Waals surface area (Å²) in [6.07, 6.45) is -0.937. The molecule has 37 heavy (non-hydrogen) atoms. The van der Waals surface area contributed by atoms with E-state index in [1.165, 1.54) is 43.6 Å². The van der Waals surface area contributed by atoms with Gasteiger partial charge in [-0.05, 0) is 31.2 Å². The molecule has 7 nitrogen and oxygen atoms in total. The number of hydrogen-bond acceptors (Lipinski definition) is 6. The Kier molecular flexibility index (Phi) is 7.08. The molecule has 0 aliphatic rings. The zero-order valence-corrected chi connectivity index (χ0v) is 20.9. The predicted octanol–water partition coefficient (Wildman–Crippen LogP) is 5.60. The fourth-order valence-corrected chi connectivity index (χ4v) is 4.69. The maximum absolute atomic E-state index is 13.5. The van der Waals surface area contributed by atoms with Crippen molar-refractivity contribution in [3.05, 3.63) is 88.7 Å². The van der Waals surface area contributed by atoms with Gasteiger partial charge in [-0.3, -0.25) is 14.2 Å². The molecule has 0 bridgehead atoms. The average molecular weight is 529 g/mol. The third-order valence-corrected chi connectivity index (χ3v) is 6.64. The molecule has 0 aliphatic heterocycles. The van der Waals surface area contributed by atoms with Gasteiger partial charge in [0.15, 0.2) is 5.78 Å². The van der Waals surface area contributed by atoms with Crippen LogP contribution in [0.4, 0.5) is 13.2 Å². The summed E-state index contributed by atoms with van der Waals surface area (Å²) in [7, 11) is 3.62. The van der Waals surface area contributed by atoms with Gasteiger partial charge in [0, 0.05) is 43.6 Å². The molecule has 2 aromatic carbocycles. The standard InChI is InChI=1S/C26H23F3N4O3S/c1-15(17-6-4-5-7-18(17)26(27,28)29)36-22-13-23(37-24(22)25(30)35)33-14-31-19-12-16(8-9-20(19)33)21(34)10-11-32(2)3/h4-15H,1-3H3,(H2,30,35)/t15-/m1/s1. The fourth-order valence-electron chi connectivity index (χ4n) is 3.76. The van der Waals surface area contributed by atoms with Crippen molar-refractivity contribution in [1.29, 1.82) is 0 Å². The van der Waals surface area contributed by atoms with Crippen LogP contribution in [0.2, 0.25) is 0 Å². The highest BCUT2D eigenvalue weighted by molar-refractivity contribution is 7.16. The third-order valence-electron chi connectivity index (χ3n) is 5.51. The van der Waals surface area contributed by atoms with Gasteiger partial charge in [-0.15, -0.1) is 11.3 Å². The number of thiophene rings is 1. The summed E-state index contributed by atoms with van der Waals surface area (Å²) in [6, 6.07) is 11.7. The van der Waals surface area contributed by atoms with Crippen LogP contribution >= 0.6 is 11.3 Å². The number of hydrogen-bond donors (Lipinski definition) is 1. The van der Waals surface area contributed by atoms with E-state index >= 15 is 0 Å². The molecular formula is C26H23F3N4O3S. The van der Waals surface area contributed by atoms with Crippen LogP contribution in [0.25, 0.3) is 16.0 Å². The molecule has 0 radical (unpaired) electrons. The molecule has 0 saturated heterocycles. The van der Waals surface area contributed by atoms with Crippen LogP contribution < -0.4 is 10.5 Å². The van der Waals surface area contributed by atoms with E-state index in [-0.39, 0.29) is 22.0 Å². The molecular weight excluding hydrogens is 505 g/mol. The Labute approximate surface area is 214 Å². The number of aromatic nitrogens is 2. The number of fused-ring (bicyclic) bond motifs is 1. The van der Waals surface area contributed by atoms with Crippen LogP contribution in [0.1, 0.15) is 44.2 Å². The zero-order chi connectivity index (χ0) is 26.9. The largest absolute Gasteiger partial charge is 0.484 e. The Morgan fingerprint density at radius 2 is 1.89 bits per heavy atom. The molecule has 0 unspecified atom stereocenters. The quantitative estimate of drug-likeness (QED) is 0.237. The van der Waals surface area contributed by atoms with Crippen LogP contribution in [-0.2, 0) is 6.18 Å². The smallest absolute Gasteiger partial charge is 0.416 e. The van der Waals surface area contributed by atoms with E-state index in [4.69, 9.17) is 10.5 Å². The summed E-state index contributed by atoms with van der Waals surface area (Å²) in [5, 5.41) is 0.522. The molecule has 0 fully saturated rings. The number of ether oxygens (including phenoxy) is 1. The van der Waals surface area contributed by atoms with Crippen molar-refractivity contribution in [3.8, 4) is 10.8 Å². The molecule has 4 rings (SSSR count). The molecule has 2 heterocycles. The van der Waals surface area contributed by atoms with E-state index in [1.54, 1.807) is 33.9 Å². The van der Waals surface area contributed by atoms with Crippen LogP contribution in [-0.4, -0.2) is 40.2 Å². The Bertz CT molecular complexity index is 1500. The highest BCUT2D eigenvalue weighted by Crippen LogP contribution is 2.39. The lowest BCUT2D eigenvalue weighted by Gasteiger charge is -2.19. The lowest BCUT2D eigenvalue weighted by atomic mass is 10.0. The van der Waals surface area contributed by atoms with Crippen molar-refractivity contribution in [2.45, 2.75) is 19.2 Å². The Balaban J connectivity index is 1.67. The predicted molar refractivity (Wildman–Crippen MR) is 135 cm³/mol. The minimum Gasteiger partial charge on any atom is -0.484 e. The summed E-state index contributed by atoms with van der Waals surface area (Å²) in [5.74, 6) is -0.881. The number of amides is 1. The molecule has 0 saturated carbocycles. The lowest BCUT2D eigenvalue weighted by molar-refractivity contribution is -0.139. The monoisotopic (exact) mass is 528 g/mol. The molecule has 1 amide bonds. The van der Waals surface area contributed by atoms with E-state index in [0.29, 0.717) is 21.6 Å². The van der Waals surface area contributed by atoms with Crippen LogP contribution in [0.3, 0.4) is 0 Å². The fraction of sp³-hybridized carbons (Fsp3) is 0.192. The number of primary amides is 1. The Hall–Kier alpha value is -4.12. The van der Waals surface area contributed by atoms with Gasteiger partial charge < -0.3 is 15.4 Å². The number of carbonyl (C=O) groups is 2. The van der Waals surface area contributed by atoms with Gasteiger partial charge in [-0.25, -0.2) is 4.98 Å². The molecule has 2 N–H and O–H groups in total. The number of carbonyl (C=O) groups excluding carboxylic acids is 2. The first-order chi connectivity index (χ1) is 17.5. The molecule has 1 atom stereocenters. The number of benzene rings is 2. The summed E-state index contributed by atoms with van der Waals surface area (Å²) in [5.41, 5.74) is 6.34. The Morgan fingerprint density at radius 1 is 1.16 bits per heavy atom. The second-order valence-corrected chi connectivity index (χ2v) is 9.48. The van der Waals surface area contributed by atoms with Crippen molar-refractivity contribution < 1.29 is 27.5 Å². The number of nitrogens with two attached hydrogens (primary N) is 1. The molecule has 192 valence electrons. The topological polar surface area (TPSA) is 90.5 Å². The normalized spacial score (nSPS) is 12.7. The number of halogens is 3. The number of ketones is 1. The van der Waals surface area contributed by atoms with Crippen LogP contribution in [0.15, 0.2) is 67.1 Å². The molecule has 0 spiro atoms. The molecule has 4 aromatic rings. The summed E-state index contributed by atoms with van der Waals surface area (Å²) in [6.45, 7) is 1.47. The molecule has 0 aliphatic carbocycles. The second-order valence-electron chi connectivity index (χ2n) is 8.45. The first-order valence-corrected chi connectivity index (χ1v) is 11.9. The number of alkyl halides is 3.